The van der Waals surface area contributed by atoms with Gasteiger partial charge in [-0.15, -0.1) is 0 Å². The number of anilines is 1. The average molecular weight is 519 g/mol. The van der Waals surface area contributed by atoms with Gasteiger partial charge < -0.3 is 19.7 Å². The Morgan fingerprint density at radius 2 is 2.03 bits per heavy atom. The minimum atomic E-state index is -0.612. The third-order valence-electron chi connectivity index (χ3n) is 9.11. The Balaban J connectivity index is 1.38. The van der Waals surface area contributed by atoms with Crippen molar-refractivity contribution < 1.29 is 19.4 Å². The van der Waals surface area contributed by atoms with Crippen LogP contribution in [0.5, 0.6) is 0 Å². The van der Waals surface area contributed by atoms with Gasteiger partial charge in [0, 0.05) is 34.7 Å². The summed E-state index contributed by atoms with van der Waals surface area (Å²) in [7, 11) is 0. The number of hydrogen-bond acceptors (Lipinski definition) is 4. The van der Waals surface area contributed by atoms with Crippen LogP contribution >= 0.6 is 0 Å². The van der Waals surface area contributed by atoms with Crippen LogP contribution in [-0.2, 0) is 14.3 Å². The molecule has 6 heteroatoms. The molecule has 6 nitrogen and oxygen atoms in total. The molecular formula is C32H42N2O4. The van der Waals surface area contributed by atoms with E-state index in [1.54, 1.807) is 0 Å². The molecule has 5 rings (SSSR count). The average Bonchev–Trinajstić information content (AvgIpc) is 3.35. The van der Waals surface area contributed by atoms with Gasteiger partial charge in [0.2, 0.25) is 5.91 Å². The zero-order chi connectivity index (χ0) is 27.0. The van der Waals surface area contributed by atoms with Crippen LogP contribution < -0.4 is 4.90 Å². The van der Waals surface area contributed by atoms with Crippen molar-refractivity contribution in [2.75, 3.05) is 4.90 Å². The number of hydrogen-bond donors (Lipinski definition) is 2. The van der Waals surface area contributed by atoms with Crippen LogP contribution in [0, 0.1) is 29.6 Å². The smallest absolute Gasteiger partial charge is 0.308 e. The van der Waals surface area contributed by atoms with Crippen molar-refractivity contribution in [1.29, 1.82) is 0 Å². The fraction of sp³-hybridized carbons (Fsp3) is 0.562. The number of piperidine rings is 1. The van der Waals surface area contributed by atoms with E-state index in [0.29, 0.717) is 24.2 Å². The van der Waals surface area contributed by atoms with Crippen molar-refractivity contribution in [2.45, 2.75) is 84.5 Å². The first-order valence-electron chi connectivity index (χ1n) is 14.4. The molecule has 2 heterocycles. The molecule has 1 amide bonds. The standard InChI is InChI=1S/C32H42N2O4/c1-5-20(3)32(37)38-29-15-19(2)14-23-7-6-21(4)27(31(23)29)10-8-25-17-26(35)18-30(36)34(25)24-9-11-28-22(16-24)12-13-33-28/h6-7,9,11-14,16,19-21,25-27,29,31,33,35H,5,8,10,15,17-18H2,1-4H3/t19-,20?,21?,25?,26?,27?,29-,31?/m0/s1. The zero-order valence-corrected chi connectivity index (χ0v) is 23.1. The van der Waals surface area contributed by atoms with Crippen LogP contribution in [0.4, 0.5) is 5.69 Å². The van der Waals surface area contributed by atoms with Gasteiger partial charge >= 0.3 is 5.97 Å². The summed E-state index contributed by atoms with van der Waals surface area (Å²) < 4.78 is 6.19. The van der Waals surface area contributed by atoms with Gasteiger partial charge in [-0.05, 0) is 79.7 Å². The minimum absolute atomic E-state index is 0.0207. The molecular weight excluding hydrogens is 476 g/mol. The van der Waals surface area contributed by atoms with E-state index < -0.39 is 6.10 Å². The van der Waals surface area contributed by atoms with E-state index in [1.165, 1.54) is 5.57 Å². The normalized spacial score (nSPS) is 32.1. The molecule has 38 heavy (non-hydrogen) atoms. The zero-order valence-electron chi connectivity index (χ0n) is 23.1. The number of aromatic nitrogens is 1. The Bertz CT molecular complexity index is 1230. The summed E-state index contributed by atoms with van der Waals surface area (Å²) in [6.45, 7) is 8.41. The highest BCUT2D eigenvalue weighted by molar-refractivity contribution is 5.97. The summed E-state index contributed by atoms with van der Waals surface area (Å²) in [4.78, 5) is 31.2. The van der Waals surface area contributed by atoms with Gasteiger partial charge in [-0.2, -0.15) is 0 Å². The number of carbonyl (C=O) groups is 2. The van der Waals surface area contributed by atoms with Gasteiger partial charge in [-0.1, -0.05) is 45.9 Å². The van der Waals surface area contributed by atoms with Crippen molar-refractivity contribution in [2.24, 2.45) is 29.6 Å². The number of carbonyl (C=O) groups excluding carboxylic acids is 2. The molecule has 1 fully saturated rings. The first kappa shape index (κ1) is 26.7. The number of esters is 1. The predicted molar refractivity (Wildman–Crippen MR) is 151 cm³/mol. The number of nitrogens with one attached hydrogen (secondary N) is 1. The lowest BCUT2D eigenvalue weighted by atomic mass is 9.65. The second kappa shape index (κ2) is 11.1. The highest BCUT2D eigenvalue weighted by atomic mass is 16.5. The Morgan fingerprint density at radius 3 is 2.82 bits per heavy atom. The van der Waals surface area contributed by atoms with Gasteiger partial charge in [0.1, 0.15) is 6.10 Å². The van der Waals surface area contributed by atoms with Crippen molar-refractivity contribution in [3.8, 4) is 0 Å². The maximum Gasteiger partial charge on any atom is 0.308 e. The van der Waals surface area contributed by atoms with Gasteiger partial charge in [0.05, 0.1) is 18.4 Å². The predicted octanol–water partition coefficient (Wildman–Crippen LogP) is 6.17. The maximum absolute atomic E-state index is 13.2. The molecule has 204 valence electrons. The van der Waals surface area contributed by atoms with E-state index in [0.717, 1.165) is 42.3 Å². The first-order valence-corrected chi connectivity index (χ1v) is 14.4. The number of aromatic amines is 1. The second-order valence-electron chi connectivity index (χ2n) is 11.9. The van der Waals surface area contributed by atoms with Crippen molar-refractivity contribution in [3.05, 3.63) is 54.3 Å². The van der Waals surface area contributed by atoms with E-state index >= 15 is 0 Å². The quantitative estimate of drug-likeness (QED) is 0.430. The monoisotopic (exact) mass is 518 g/mol. The molecule has 2 aliphatic carbocycles. The Hall–Kier alpha value is -2.86. The lowest BCUT2D eigenvalue weighted by Crippen LogP contribution is -2.49. The number of aliphatic hydroxyl groups is 1. The van der Waals surface area contributed by atoms with E-state index in [2.05, 4.69) is 43.1 Å². The second-order valence-corrected chi connectivity index (χ2v) is 11.9. The summed E-state index contributed by atoms with van der Waals surface area (Å²) in [5, 5.41) is 11.6. The third-order valence-corrected chi connectivity index (χ3v) is 9.11. The van der Waals surface area contributed by atoms with Crippen LogP contribution in [-0.4, -0.2) is 40.2 Å². The van der Waals surface area contributed by atoms with Crippen LogP contribution in [0.15, 0.2) is 54.3 Å². The molecule has 0 radical (unpaired) electrons. The lowest BCUT2D eigenvalue weighted by Gasteiger charge is -2.44. The summed E-state index contributed by atoms with van der Waals surface area (Å²) in [5.74, 6) is 0.941. The van der Waals surface area contributed by atoms with E-state index in [-0.39, 0.29) is 42.3 Å². The SMILES string of the molecule is CCC(C)C(=O)O[C@H]1C[C@@H](C)C=C2C=CC(C)C(CCC3CC(O)CC(=O)N3c3ccc4[nH]ccc4c3)C21. The molecule has 1 saturated heterocycles. The van der Waals surface area contributed by atoms with Crippen LogP contribution in [0.3, 0.4) is 0 Å². The first-order chi connectivity index (χ1) is 18.2. The third kappa shape index (κ3) is 5.33. The fourth-order valence-corrected chi connectivity index (χ4v) is 6.84. The molecule has 1 aromatic carbocycles. The Kier molecular flexibility index (Phi) is 7.80. The number of fused-ring (bicyclic) bond motifs is 2. The largest absolute Gasteiger partial charge is 0.461 e. The van der Waals surface area contributed by atoms with E-state index in [4.69, 9.17) is 4.74 Å². The summed E-state index contributed by atoms with van der Waals surface area (Å²) in [5.41, 5.74) is 3.22. The Morgan fingerprint density at radius 1 is 1.21 bits per heavy atom. The van der Waals surface area contributed by atoms with Crippen molar-refractivity contribution >= 4 is 28.5 Å². The highest BCUT2D eigenvalue weighted by Gasteiger charge is 2.43. The van der Waals surface area contributed by atoms with E-state index in [9.17, 15) is 14.7 Å². The number of amides is 1. The van der Waals surface area contributed by atoms with Gasteiger partial charge in [0.25, 0.3) is 0 Å². The minimum Gasteiger partial charge on any atom is -0.461 e. The molecule has 0 bridgehead atoms. The topological polar surface area (TPSA) is 82.6 Å². The molecule has 2 N–H and O–H groups in total. The molecule has 0 spiro atoms. The van der Waals surface area contributed by atoms with Crippen LogP contribution in [0.25, 0.3) is 10.9 Å². The summed E-state index contributed by atoms with van der Waals surface area (Å²) in [6, 6.07) is 8.03. The molecule has 1 aromatic heterocycles. The van der Waals surface area contributed by atoms with Gasteiger partial charge in [0.15, 0.2) is 0 Å². The van der Waals surface area contributed by atoms with Gasteiger partial charge in [-0.3, -0.25) is 9.59 Å². The number of ether oxygens (including phenoxy) is 1. The summed E-state index contributed by atoms with van der Waals surface area (Å²) in [6.07, 6.45) is 12.1. The summed E-state index contributed by atoms with van der Waals surface area (Å²) >= 11 is 0. The molecule has 6 unspecified atom stereocenters. The number of rotatable bonds is 7. The van der Waals surface area contributed by atoms with Crippen LogP contribution in [0.2, 0.25) is 0 Å². The lowest BCUT2D eigenvalue weighted by molar-refractivity contribution is -0.158. The highest BCUT2D eigenvalue weighted by Crippen LogP contribution is 2.45. The molecule has 0 saturated carbocycles. The molecule has 2 aromatic rings. The number of nitrogens with zero attached hydrogens (tertiary/aromatic N) is 1. The van der Waals surface area contributed by atoms with Crippen LogP contribution in [0.1, 0.15) is 66.2 Å². The van der Waals surface area contributed by atoms with Crippen molar-refractivity contribution in [3.63, 3.8) is 0 Å². The Labute approximate surface area is 226 Å². The molecule has 8 atom stereocenters. The number of allylic oxidation sites excluding steroid dienone is 3. The number of H-pyrrole nitrogens is 1. The maximum atomic E-state index is 13.2. The molecule has 3 aliphatic rings. The number of aliphatic hydroxyl groups excluding tert-OH is 1. The number of benzene rings is 1. The molecule has 1 aliphatic heterocycles. The van der Waals surface area contributed by atoms with E-state index in [1.807, 2.05) is 43.1 Å². The van der Waals surface area contributed by atoms with Crippen molar-refractivity contribution in [1.82, 2.24) is 4.98 Å². The fourth-order valence-electron chi connectivity index (χ4n) is 6.84. The van der Waals surface area contributed by atoms with Gasteiger partial charge in [-0.25, -0.2) is 0 Å².